The van der Waals surface area contributed by atoms with Gasteiger partial charge in [0.2, 0.25) is 0 Å². The molecule has 0 aliphatic heterocycles. The number of halogens is 2. The molecule has 3 aromatic rings. The molecule has 1 aliphatic carbocycles. The molecule has 1 N–H and O–H groups in total. The van der Waals surface area contributed by atoms with Gasteiger partial charge < -0.3 is 5.11 Å². The van der Waals surface area contributed by atoms with Gasteiger partial charge in [0.25, 0.3) is 0 Å². The molecule has 5 nitrogen and oxygen atoms in total. The first-order valence-electron chi connectivity index (χ1n) is 9.77. The number of aromatic nitrogens is 3. The van der Waals surface area contributed by atoms with Gasteiger partial charge in [0.15, 0.2) is 0 Å². The van der Waals surface area contributed by atoms with Gasteiger partial charge in [0.1, 0.15) is 29.9 Å². The smallest absolute Gasteiger partial charge is 0.137 e. The molecule has 1 heterocycles. The van der Waals surface area contributed by atoms with Crippen LogP contribution in [-0.2, 0) is 18.7 Å². The van der Waals surface area contributed by atoms with Crippen LogP contribution in [0.2, 0.25) is 0 Å². The summed E-state index contributed by atoms with van der Waals surface area (Å²) in [6, 6.07) is 13.2. The minimum absolute atomic E-state index is 0.00866. The maximum atomic E-state index is 14.8. The van der Waals surface area contributed by atoms with Crippen LogP contribution in [0.1, 0.15) is 30.9 Å². The summed E-state index contributed by atoms with van der Waals surface area (Å²) in [5.41, 5.74) is -0.447. The molecule has 0 amide bonds. The Morgan fingerprint density at radius 2 is 1.97 bits per heavy atom. The standard InChI is InChI=1S/C22H24F2N4O/c1-16(28(19-8-9-19)12-17-5-3-2-4-6-17)22(29,13-27-15-25-14-26-27)20-10-7-18(23)11-21(20)24/h2-7,10-11,14-16,19,29H,8-9,12-13H2,1H3/t16-,22-/m1/s1. The Balaban J connectivity index is 1.72. The van der Waals surface area contributed by atoms with Crippen LogP contribution in [0.15, 0.2) is 61.2 Å². The van der Waals surface area contributed by atoms with Crippen LogP contribution in [0.3, 0.4) is 0 Å². The lowest BCUT2D eigenvalue weighted by molar-refractivity contribution is -0.0691. The van der Waals surface area contributed by atoms with Crippen LogP contribution >= 0.6 is 0 Å². The molecule has 0 unspecified atom stereocenters. The average Bonchev–Trinajstić information content (AvgIpc) is 3.43. The van der Waals surface area contributed by atoms with Crippen LogP contribution in [0, 0.1) is 11.6 Å². The van der Waals surface area contributed by atoms with E-state index in [1.54, 1.807) is 0 Å². The second-order valence-electron chi connectivity index (χ2n) is 7.71. The minimum Gasteiger partial charge on any atom is -0.381 e. The molecule has 2 atom stereocenters. The van der Waals surface area contributed by atoms with Crippen molar-refractivity contribution in [3.63, 3.8) is 0 Å². The Kier molecular flexibility index (Phi) is 5.43. The number of hydrogen-bond donors (Lipinski definition) is 1. The molecule has 29 heavy (non-hydrogen) atoms. The van der Waals surface area contributed by atoms with Crippen molar-refractivity contribution in [3.8, 4) is 0 Å². The van der Waals surface area contributed by atoms with Gasteiger partial charge in [0, 0.05) is 30.3 Å². The van der Waals surface area contributed by atoms with Gasteiger partial charge in [-0.3, -0.25) is 4.90 Å². The molecule has 0 saturated heterocycles. The van der Waals surface area contributed by atoms with E-state index in [0.29, 0.717) is 12.6 Å². The van der Waals surface area contributed by atoms with Crippen molar-refractivity contribution in [1.29, 1.82) is 0 Å². The molecule has 4 rings (SSSR count). The fourth-order valence-electron chi connectivity index (χ4n) is 3.90. The van der Waals surface area contributed by atoms with E-state index in [1.165, 1.54) is 29.5 Å². The third-order valence-electron chi connectivity index (χ3n) is 5.68. The number of rotatable bonds is 8. The van der Waals surface area contributed by atoms with Gasteiger partial charge in [-0.15, -0.1) is 0 Å². The van der Waals surface area contributed by atoms with Crippen molar-refractivity contribution < 1.29 is 13.9 Å². The van der Waals surface area contributed by atoms with Crippen LogP contribution < -0.4 is 0 Å². The Bertz CT molecular complexity index is 947. The van der Waals surface area contributed by atoms with E-state index in [1.807, 2.05) is 37.3 Å². The zero-order valence-electron chi connectivity index (χ0n) is 16.2. The summed E-state index contributed by atoms with van der Waals surface area (Å²) in [5, 5.41) is 15.9. The van der Waals surface area contributed by atoms with Crippen LogP contribution in [0.25, 0.3) is 0 Å². The number of benzene rings is 2. The van der Waals surface area contributed by atoms with E-state index in [-0.39, 0.29) is 12.1 Å². The second kappa shape index (κ2) is 8.00. The van der Waals surface area contributed by atoms with E-state index < -0.39 is 23.3 Å². The number of nitrogens with zero attached hydrogens (tertiary/aromatic N) is 4. The zero-order chi connectivity index (χ0) is 20.4. The molecular weight excluding hydrogens is 374 g/mol. The molecule has 2 aromatic carbocycles. The summed E-state index contributed by atoms with van der Waals surface area (Å²) < 4.78 is 29.8. The summed E-state index contributed by atoms with van der Waals surface area (Å²) in [6.45, 7) is 2.53. The van der Waals surface area contributed by atoms with Crippen molar-refractivity contribution in [2.24, 2.45) is 0 Å². The lowest BCUT2D eigenvalue weighted by atomic mass is 9.85. The van der Waals surface area contributed by atoms with E-state index in [0.717, 1.165) is 24.5 Å². The van der Waals surface area contributed by atoms with Crippen LogP contribution in [-0.4, -0.2) is 36.9 Å². The van der Waals surface area contributed by atoms with Crippen LogP contribution in [0.5, 0.6) is 0 Å². The normalized spacial score (nSPS) is 17.3. The van der Waals surface area contributed by atoms with Gasteiger partial charge in [-0.05, 0) is 31.4 Å². The maximum Gasteiger partial charge on any atom is 0.137 e. The average molecular weight is 398 g/mol. The van der Waals surface area contributed by atoms with Crippen molar-refractivity contribution in [2.45, 2.75) is 50.5 Å². The summed E-state index contributed by atoms with van der Waals surface area (Å²) >= 11 is 0. The first kappa shape index (κ1) is 19.7. The SMILES string of the molecule is C[C@@H](N(Cc1ccccc1)C1CC1)[C@](O)(Cn1cncn1)c1ccc(F)cc1F. The molecule has 1 aliphatic rings. The highest BCUT2D eigenvalue weighted by Crippen LogP contribution is 2.38. The fourth-order valence-corrected chi connectivity index (χ4v) is 3.90. The monoisotopic (exact) mass is 398 g/mol. The van der Waals surface area contributed by atoms with Gasteiger partial charge in [0.05, 0.1) is 6.54 Å². The van der Waals surface area contributed by atoms with Crippen molar-refractivity contribution in [1.82, 2.24) is 19.7 Å². The van der Waals surface area contributed by atoms with E-state index in [4.69, 9.17) is 0 Å². The third kappa shape index (κ3) is 4.21. The summed E-state index contributed by atoms with van der Waals surface area (Å²) in [7, 11) is 0. The maximum absolute atomic E-state index is 14.8. The Hall–Kier alpha value is -2.64. The highest BCUT2D eigenvalue weighted by molar-refractivity contribution is 5.27. The van der Waals surface area contributed by atoms with Gasteiger partial charge in [-0.25, -0.2) is 18.4 Å². The lowest BCUT2D eigenvalue weighted by Crippen LogP contribution is -2.52. The van der Waals surface area contributed by atoms with E-state index in [9.17, 15) is 13.9 Å². The molecule has 1 fully saturated rings. The van der Waals surface area contributed by atoms with Gasteiger partial charge in [-0.1, -0.05) is 36.4 Å². The number of aliphatic hydroxyl groups is 1. The second-order valence-corrected chi connectivity index (χ2v) is 7.71. The quantitative estimate of drug-likeness (QED) is 0.631. The molecule has 1 saturated carbocycles. The summed E-state index contributed by atoms with van der Waals surface area (Å²) in [5.74, 6) is -1.44. The zero-order valence-corrected chi connectivity index (χ0v) is 16.2. The molecule has 0 bridgehead atoms. The number of hydrogen-bond acceptors (Lipinski definition) is 4. The van der Waals surface area contributed by atoms with E-state index in [2.05, 4.69) is 15.0 Å². The fraction of sp³-hybridized carbons (Fsp3) is 0.364. The largest absolute Gasteiger partial charge is 0.381 e. The molecule has 7 heteroatoms. The van der Waals surface area contributed by atoms with E-state index >= 15 is 0 Å². The summed E-state index contributed by atoms with van der Waals surface area (Å²) in [6.07, 6.45) is 4.91. The van der Waals surface area contributed by atoms with Crippen molar-refractivity contribution in [2.75, 3.05) is 0 Å². The summed E-state index contributed by atoms with van der Waals surface area (Å²) in [4.78, 5) is 6.13. The Morgan fingerprint density at radius 3 is 2.59 bits per heavy atom. The third-order valence-corrected chi connectivity index (χ3v) is 5.68. The highest BCUT2D eigenvalue weighted by Gasteiger charge is 2.45. The minimum atomic E-state index is -1.62. The van der Waals surface area contributed by atoms with Crippen LogP contribution in [0.4, 0.5) is 8.78 Å². The predicted octanol–water partition coefficient (Wildman–Crippen LogP) is 3.50. The van der Waals surface area contributed by atoms with Crippen molar-refractivity contribution >= 4 is 0 Å². The van der Waals surface area contributed by atoms with Crippen molar-refractivity contribution in [3.05, 3.63) is 83.9 Å². The van der Waals surface area contributed by atoms with Gasteiger partial charge >= 0.3 is 0 Å². The molecular formula is C22H24F2N4O. The molecule has 0 spiro atoms. The first-order valence-corrected chi connectivity index (χ1v) is 9.77. The first-order chi connectivity index (χ1) is 14.0. The van der Waals surface area contributed by atoms with Gasteiger partial charge in [-0.2, -0.15) is 5.10 Å². The predicted molar refractivity (Wildman–Crippen MR) is 105 cm³/mol. The lowest BCUT2D eigenvalue weighted by Gasteiger charge is -2.41. The molecule has 152 valence electrons. The Labute approximate surface area is 168 Å². The molecule has 1 aromatic heterocycles. The topological polar surface area (TPSA) is 54.2 Å². The highest BCUT2D eigenvalue weighted by atomic mass is 19.1. The molecule has 0 radical (unpaired) electrons. The Morgan fingerprint density at radius 1 is 1.21 bits per heavy atom.